The van der Waals surface area contributed by atoms with Gasteiger partial charge in [0.2, 0.25) is 0 Å². The average molecular weight is 367 g/mol. The van der Waals surface area contributed by atoms with Crippen LogP contribution in [0.1, 0.15) is 42.7 Å². The molecule has 0 atom stereocenters. The van der Waals surface area contributed by atoms with Crippen LogP contribution in [0, 0.1) is 0 Å². The third kappa shape index (κ3) is 3.97. The number of aromatic nitrogens is 1. The minimum Gasteiger partial charge on any atom is -0.361 e. The molecule has 3 aromatic rings. The smallest absolute Gasteiger partial charge is 0.0456 e. The zero-order valence-corrected chi connectivity index (χ0v) is 16.0. The molecule has 1 aliphatic heterocycles. The maximum Gasteiger partial charge on any atom is 0.0456 e. The summed E-state index contributed by atoms with van der Waals surface area (Å²) < 4.78 is 0. The molecule has 1 N–H and O–H groups in total. The maximum absolute atomic E-state index is 6.37. The van der Waals surface area contributed by atoms with Crippen LogP contribution < -0.4 is 0 Å². The van der Waals surface area contributed by atoms with Crippen LogP contribution in [0.25, 0.3) is 10.9 Å². The highest BCUT2D eigenvalue weighted by Gasteiger charge is 2.21. The van der Waals surface area contributed by atoms with Gasteiger partial charge in [-0.1, -0.05) is 48.0 Å². The Bertz CT molecular complexity index is 846. The molecule has 0 radical (unpaired) electrons. The quantitative estimate of drug-likeness (QED) is 0.528. The summed E-state index contributed by atoms with van der Waals surface area (Å²) in [7, 11) is 0. The van der Waals surface area contributed by atoms with Crippen LogP contribution in [0.3, 0.4) is 0 Å². The summed E-state index contributed by atoms with van der Waals surface area (Å²) in [5.41, 5.74) is 4.05. The van der Waals surface area contributed by atoms with Crippen LogP contribution in [-0.2, 0) is 6.42 Å². The van der Waals surface area contributed by atoms with Crippen LogP contribution in [0.2, 0.25) is 5.02 Å². The van der Waals surface area contributed by atoms with E-state index < -0.39 is 0 Å². The number of unbranched alkanes of at least 4 members (excludes halogenated alkanes) is 1. The number of nitrogens with one attached hydrogen (secondary N) is 1. The molecular formula is C23H27ClN2. The first kappa shape index (κ1) is 17.6. The topological polar surface area (TPSA) is 19.0 Å². The van der Waals surface area contributed by atoms with Gasteiger partial charge in [-0.2, -0.15) is 0 Å². The number of piperidine rings is 1. The molecule has 1 fully saturated rings. The maximum atomic E-state index is 6.37. The van der Waals surface area contributed by atoms with Crippen molar-refractivity contribution in [3.8, 4) is 0 Å². The molecule has 2 nitrogen and oxygen atoms in total. The highest BCUT2D eigenvalue weighted by Crippen LogP contribution is 2.32. The number of fused-ring (bicyclic) bond motifs is 1. The molecule has 1 aliphatic rings. The van der Waals surface area contributed by atoms with Crippen molar-refractivity contribution in [2.24, 2.45) is 0 Å². The molecule has 2 aromatic carbocycles. The highest BCUT2D eigenvalue weighted by atomic mass is 35.5. The lowest BCUT2D eigenvalue weighted by Gasteiger charge is -2.32. The Balaban J connectivity index is 1.21. The van der Waals surface area contributed by atoms with Crippen molar-refractivity contribution in [1.82, 2.24) is 9.88 Å². The average Bonchev–Trinajstić information content (AvgIpc) is 3.09. The molecule has 0 aliphatic carbocycles. The predicted molar refractivity (Wildman–Crippen MR) is 111 cm³/mol. The van der Waals surface area contributed by atoms with Gasteiger partial charge in [0.15, 0.2) is 0 Å². The number of hydrogen-bond acceptors (Lipinski definition) is 1. The molecule has 0 bridgehead atoms. The number of rotatable bonds is 6. The SMILES string of the molecule is Clc1ccccc1C1CCN(CCCCc2c[nH]c3ccccc23)CC1. The summed E-state index contributed by atoms with van der Waals surface area (Å²) in [4.78, 5) is 6.01. The minimum atomic E-state index is 0.631. The molecule has 3 heteroatoms. The van der Waals surface area contributed by atoms with Gasteiger partial charge in [-0.15, -0.1) is 0 Å². The van der Waals surface area contributed by atoms with E-state index >= 15 is 0 Å². The third-order valence-electron chi connectivity index (χ3n) is 5.78. The molecular weight excluding hydrogens is 340 g/mol. The summed E-state index contributed by atoms with van der Waals surface area (Å²) in [5.74, 6) is 0.631. The highest BCUT2D eigenvalue weighted by molar-refractivity contribution is 6.31. The Hall–Kier alpha value is -1.77. The Morgan fingerprint density at radius 2 is 1.73 bits per heavy atom. The zero-order chi connectivity index (χ0) is 17.8. The van der Waals surface area contributed by atoms with Crippen molar-refractivity contribution in [3.63, 3.8) is 0 Å². The number of halogens is 1. The summed E-state index contributed by atoms with van der Waals surface area (Å²) in [6, 6.07) is 16.9. The Kier molecular flexibility index (Phi) is 5.62. The molecule has 2 heterocycles. The van der Waals surface area contributed by atoms with Gasteiger partial charge >= 0.3 is 0 Å². The van der Waals surface area contributed by atoms with Gasteiger partial charge in [-0.25, -0.2) is 0 Å². The second kappa shape index (κ2) is 8.28. The van der Waals surface area contributed by atoms with E-state index in [9.17, 15) is 0 Å². The van der Waals surface area contributed by atoms with E-state index in [0.717, 1.165) is 5.02 Å². The van der Waals surface area contributed by atoms with Crippen LogP contribution in [-0.4, -0.2) is 29.5 Å². The van der Waals surface area contributed by atoms with Gasteiger partial charge in [-0.05, 0) is 80.9 Å². The number of hydrogen-bond donors (Lipinski definition) is 1. The molecule has 0 spiro atoms. The van der Waals surface area contributed by atoms with Gasteiger partial charge in [0.25, 0.3) is 0 Å². The number of likely N-dealkylation sites (tertiary alicyclic amines) is 1. The van der Waals surface area contributed by atoms with E-state index in [4.69, 9.17) is 11.6 Å². The van der Waals surface area contributed by atoms with Crippen LogP contribution in [0.4, 0.5) is 0 Å². The molecule has 0 saturated carbocycles. The first-order chi connectivity index (χ1) is 12.8. The van der Waals surface area contributed by atoms with Crippen LogP contribution in [0.5, 0.6) is 0 Å². The normalized spacial score (nSPS) is 16.3. The third-order valence-corrected chi connectivity index (χ3v) is 6.12. The molecule has 4 rings (SSSR count). The van der Waals surface area contributed by atoms with Gasteiger partial charge in [-0.3, -0.25) is 0 Å². The number of H-pyrrole nitrogens is 1. The number of nitrogens with zero attached hydrogens (tertiary/aromatic N) is 1. The Morgan fingerprint density at radius 1 is 0.962 bits per heavy atom. The lowest BCUT2D eigenvalue weighted by molar-refractivity contribution is 0.209. The second-order valence-electron chi connectivity index (χ2n) is 7.45. The number of aromatic amines is 1. The fourth-order valence-corrected chi connectivity index (χ4v) is 4.55. The summed E-state index contributed by atoms with van der Waals surface area (Å²) in [6.07, 6.45) is 8.33. The molecule has 136 valence electrons. The van der Waals surface area contributed by atoms with E-state index in [0.29, 0.717) is 5.92 Å². The van der Waals surface area contributed by atoms with E-state index in [1.54, 1.807) is 0 Å². The number of aryl methyl sites for hydroxylation is 1. The Morgan fingerprint density at radius 3 is 2.58 bits per heavy atom. The van der Waals surface area contributed by atoms with Crippen molar-refractivity contribution in [2.45, 2.75) is 38.0 Å². The van der Waals surface area contributed by atoms with E-state index in [2.05, 4.69) is 52.5 Å². The first-order valence-electron chi connectivity index (χ1n) is 9.83. The number of benzene rings is 2. The summed E-state index contributed by atoms with van der Waals surface area (Å²) in [5, 5.41) is 2.32. The Labute approximate surface area is 161 Å². The van der Waals surface area contributed by atoms with E-state index in [1.807, 2.05) is 12.1 Å². The zero-order valence-electron chi connectivity index (χ0n) is 15.3. The lowest BCUT2D eigenvalue weighted by atomic mass is 9.89. The monoisotopic (exact) mass is 366 g/mol. The van der Waals surface area contributed by atoms with Crippen molar-refractivity contribution in [2.75, 3.05) is 19.6 Å². The van der Waals surface area contributed by atoms with E-state index in [-0.39, 0.29) is 0 Å². The lowest BCUT2D eigenvalue weighted by Crippen LogP contribution is -2.33. The van der Waals surface area contributed by atoms with Crippen molar-refractivity contribution >= 4 is 22.5 Å². The molecule has 26 heavy (non-hydrogen) atoms. The molecule has 1 saturated heterocycles. The number of para-hydroxylation sites is 1. The molecule has 0 unspecified atom stereocenters. The predicted octanol–water partition coefficient (Wildman–Crippen LogP) is 6.02. The van der Waals surface area contributed by atoms with Crippen molar-refractivity contribution in [1.29, 1.82) is 0 Å². The van der Waals surface area contributed by atoms with Crippen molar-refractivity contribution in [3.05, 3.63) is 70.9 Å². The van der Waals surface area contributed by atoms with Gasteiger partial charge in [0.05, 0.1) is 0 Å². The van der Waals surface area contributed by atoms with Gasteiger partial charge in [0, 0.05) is 22.1 Å². The fraction of sp³-hybridized carbons (Fsp3) is 0.391. The standard InChI is InChI=1S/C23H27ClN2/c24-22-10-3-1-8-20(22)18-12-15-26(16-13-18)14-6-5-7-19-17-25-23-11-4-2-9-21(19)23/h1-4,8-11,17-18,25H,5-7,12-16H2. The largest absolute Gasteiger partial charge is 0.361 e. The van der Waals surface area contributed by atoms with Crippen LogP contribution in [0.15, 0.2) is 54.7 Å². The molecule has 0 amide bonds. The first-order valence-corrected chi connectivity index (χ1v) is 10.2. The fourth-order valence-electron chi connectivity index (χ4n) is 4.26. The summed E-state index contributed by atoms with van der Waals surface area (Å²) >= 11 is 6.37. The minimum absolute atomic E-state index is 0.631. The second-order valence-corrected chi connectivity index (χ2v) is 7.86. The van der Waals surface area contributed by atoms with Gasteiger partial charge in [0.1, 0.15) is 0 Å². The summed E-state index contributed by atoms with van der Waals surface area (Å²) in [6.45, 7) is 3.61. The van der Waals surface area contributed by atoms with Crippen LogP contribution >= 0.6 is 11.6 Å². The van der Waals surface area contributed by atoms with Crippen molar-refractivity contribution < 1.29 is 0 Å². The van der Waals surface area contributed by atoms with Gasteiger partial charge < -0.3 is 9.88 Å². The van der Waals surface area contributed by atoms with E-state index in [1.165, 1.54) is 73.8 Å². The molecule has 1 aromatic heterocycles.